The third-order valence-corrected chi connectivity index (χ3v) is 4.20. The van der Waals surface area contributed by atoms with Crippen molar-refractivity contribution in [1.82, 2.24) is 9.38 Å². The van der Waals surface area contributed by atoms with E-state index >= 15 is 0 Å². The zero-order valence-electron chi connectivity index (χ0n) is 11.2. The number of thiazole rings is 1. The normalized spacial score (nSPS) is 11.1. The van der Waals surface area contributed by atoms with Crippen LogP contribution in [0.5, 0.6) is 5.75 Å². The van der Waals surface area contributed by atoms with Gasteiger partial charge in [0.25, 0.3) is 0 Å². The minimum atomic E-state index is 0.628. The summed E-state index contributed by atoms with van der Waals surface area (Å²) < 4.78 is 7.72. The highest BCUT2D eigenvalue weighted by atomic mass is 35.5. The Hall–Kier alpha value is -1.52. The third-order valence-electron chi connectivity index (χ3n) is 3.18. The van der Waals surface area contributed by atoms with Crippen molar-refractivity contribution in [3.63, 3.8) is 0 Å². The molecule has 1 aromatic carbocycles. The molecule has 20 heavy (non-hydrogen) atoms. The first-order valence-corrected chi connectivity index (χ1v) is 7.92. The van der Waals surface area contributed by atoms with Crippen LogP contribution in [0.1, 0.15) is 12.1 Å². The summed E-state index contributed by atoms with van der Waals surface area (Å²) in [5, 5.41) is 2.05. The fraction of sp³-hybridized carbons (Fsp3) is 0.267. The number of aryl methyl sites for hydroxylation is 1. The Kier molecular flexibility index (Phi) is 3.94. The molecule has 3 aromatic rings. The lowest BCUT2D eigenvalue weighted by atomic mass is 10.1. The van der Waals surface area contributed by atoms with Gasteiger partial charge >= 0.3 is 0 Å². The van der Waals surface area contributed by atoms with Crippen LogP contribution < -0.4 is 4.74 Å². The molecule has 0 amide bonds. The Morgan fingerprint density at radius 1 is 1.30 bits per heavy atom. The maximum Gasteiger partial charge on any atom is 0.194 e. The van der Waals surface area contributed by atoms with Crippen LogP contribution in [0.4, 0.5) is 0 Å². The van der Waals surface area contributed by atoms with E-state index in [0.717, 1.165) is 34.1 Å². The van der Waals surface area contributed by atoms with Gasteiger partial charge in [0.2, 0.25) is 0 Å². The molecular formula is C15H15ClN2OS. The first kappa shape index (κ1) is 13.5. The molecule has 0 aliphatic heterocycles. The van der Waals surface area contributed by atoms with E-state index in [4.69, 9.17) is 16.3 Å². The summed E-state index contributed by atoms with van der Waals surface area (Å²) in [5.41, 5.74) is 3.31. The average molecular weight is 307 g/mol. The van der Waals surface area contributed by atoms with Crippen molar-refractivity contribution < 1.29 is 4.74 Å². The summed E-state index contributed by atoms with van der Waals surface area (Å²) in [6.45, 7) is 2.75. The number of aromatic nitrogens is 2. The van der Waals surface area contributed by atoms with Crippen molar-refractivity contribution in [2.75, 3.05) is 12.5 Å². The van der Waals surface area contributed by atoms with E-state index in [0.29, 0.717) is 12.5 Å². The Labute approximate surface area is 126 Å². The van der Waals surface area contributed by atoms with E-state index in [1.165, 1.54) is 0 Å². The predicted octanol–water partition coefficient (Wildman–Crippen LogP) is 4.38. The number of fused-ring (bicyclic) bond motifs is 1. The lowest BCUT2D eigenvalue weighted by molar-refractivity contribution is 0.318. The first-order valence-electron chi connectivity index (χ1n) is 6.51. The van der Waals surface area contributed by atoms with Crippen LogP contribution in [0.25, 0.3) is 16.2 Å². The predicted molar refractivity (Wildman–Crippen MR) is 84.1 cm³/mol. The van der Waals surface area contributed by atoms with Gasteiger partial charge in [0.15, 0.2) is 4.96 Å². The molecule has 5 heteroatoms. The molecule has 0 fully saturated rings. The van der Waals surface area contributed by atoms with E-state index < -0.39 is 0 Å². The first-order chi connectivity index (χ1) is 9.79. The molecule has 0 aliphatic rings. The summed E-state index contributed by atoms with van der Waals surface area (Å²) in [4.78, 5) is 5.70. The number of alkyl halides is 1. The van der Waals surface area contributed by atoms with Crippen molar-refractivity contribution in [3.05, 3.63) is 41.5 Å². The van der Waals surface area contributed by atoms with Gasteiger partial charge in [-0.15, -0.1) is 22.9 Å². The van der Waals surface area contributed by atoms with Crippen LogP contribution in [0, 0.1) is 6.92 Å². The van der Waals surface area contributed by atoms with E-state index in [1.807, 2.05) is 17.5 Å². The summed E-state index contributed by atoms with van der Waals surface area (Å²) in [5.74, 6) is 1.50. The second-order valence-corrected chi connectivity index (χ2v) is 5.77. The minimum Gasteiger partial charge on any atom is -0.494 e. The fourth-order valence-corrected chi connectivity index (χ4v) is 2.99. The summed E-state index contributed by atoms with van der Waals surface area (Å²) in [7, 11) is 0. The van der Waals surface area contributed by atoms with E-state index in [2.05, 4.69) is 34.6 Å². The third kappa shape index (κ3) is 2.53. The molecule has 2 aromatic heterocycles. The molecule has 0 radical (unpaired) electrons. The van der Waals surface area contributed by atoms with Crippen molar-refractivity contribution in [1.29, 1.82) is 0 Å². The fourth-order valence-electron chi connectivity index (χ4n) is 2.13. The van der Waals surface area contributed by atoms with Gasteiger partial charge in [-0.1, -0.05) is 0 Å². The molecule has 0 saturated heterocycles. The molecule has 0 N–H and O–H groups in total. The van der Waals surface area contributed by atoms with Gasteiger partial charge in [0, 0.05) is 28.7 Å². The summed E-state index contributed by atoms with van der Waals surface area (Å²) >= 11 is 7.28. The molecular weight excluding hydrogens is 292 g/mol. The largest absolute Gasteiger partial charge is 0.494 e. The Morgan fingerprint density at radius 2 is 2.10 bits per heavy atom. The number of hydrogen-bond donors (Lipinski definition) is 0. The Morgan fingerprint density at radius 3 is 2.80 bits per heavy atom. The van der Waals surface area contributed by atoms with E-state index in [9.17, 15) is 0 Å². The second kappa shape index (κ2) is 5.85. The molecule has 0 aliphatic carbocycles. The van der Waals surface area contributed by atoms with Crippen LogP contribution in [0.3, 0.4) is 0 Å². The highest BCUT2D eigenvalue weighted by Crippen LogP contribution is 2.27. The molecule has 104 valence electrons. The van der Waals surface area contributed by atoms with E-state index in [-0.39, 0.29) is 0 Å². The molecule has 0 atom stereocenters. The monoisotopic (exact) mass is 306 g/mol. The lowest BCUT2D eigenvalue weighted by Gasteiger charge is -2.05. The summed E-state index contributed by atoms with van der Waals surface area (Å²) in [6.07, 6.45) is 2.91. The Balaban J connectivity index is 1.83. The number of imidazole rings is 1. The molecule has 0 spiro atoms. The standard InChI is InChI=1S/C15H15ClN2OS/c1-11-14(17-15-18(11)8-10-20-15)12-3-5-13(6-4-12)19-9-2-7-16/h3-6,8,10H,2,7,9H2,1H3. The van der Waals surface area contributed by atoms with E-state index in [1.54, 1.807) is 11.3 Å². The molecule has 0 unspecified atom stereocenters. The quantitative estimate of drug-likeness (QED) is 0.516. The number of halogens is 1. The van der Waals surface area contributed by atoms with Crippen LogP contribution in [0.15, 0.2) is 35.8 Å². The minimum absolute atomic E-state index is 0.628. The maximum absolute atomic E-state index is 5.63. The second-order valence-electron chi connectivity index (χ2n) is 4.52. The number of ether oxygens (including phenoxy) is 1. The molecule has 0 bridgehead atoms. The zero-order valence-corrected chi connectivity index (χ0v) is 12.7. The van der Waals surface area contributed by atoms with Crippen LogP contribution >= 0.6 is 22.9 Å². The number of hydrogen-bond acceptors (Lipinski definition) is 3. The lowest BCUT2D eigenvalue weighted by Crippen LogP contribution is -1.97. The van der Waals surface area contributed by atoms with Gasteiger partial charge in [-0.05, 0) is 37.6 Å². The van der Waals surface area contributed by atoms with Crippen LogP contribution in [-0.4, -0.2) is 21.9 Å². The topological polar surface area (TPSA) is 26.5 Å². The molecule has 2 heterocycles. The van der Waals surface area contributed by atoms with Gasteiger partial charge in [0.1, 0.15) is 5.75 Å². The highest BCUT2D eigenvalue weighted by molar-refractivity contribution is 7.15. The maximum atomic E-state index is 5.63. The van der Waals surface area contributed by atoms with Crippen molar-refractivity contribution >= 4 is 27.9 Å². The van der Waals surface area contributed by atoms with Gasteiger partial charge in [0.05, 0.1) is 12.3 Å². The van der Waals surface area contributed by atoms with Gasteiger partial charge in [-0.3, -0.25) is 4.40 Å². The highest BCUT2D eigenvalue weighted by Gasteiger charge is 2.10. The summed E-state index contributed by atoms with van der Waals surface area (Å²) in [6, 6.07) is 8.07. The van der Waals surface area contributed by atoms with Crippen LogP contribution in [0.2, 0.25) is 0 Å². The zero-order chi connectivity index (χ0) is 13.9. The molecule has 3 rings (SSSR count). The van der Waals surface area contributed by atoms with Crippen molar-refractivity contribution in [2.24, 2.45) is 0 Å². The van der Waals surface area contributed by atoms with Gasteiger partial charge in [-0.2, -0.15) is 0 Å². The van der Waals surface area contributed by atoms with Crippen molar-refractivity contribution in [3.8, 4) is 17.0 Å². The van der Waals surface area contributed by atoms with Crippen molar-refractivity contribution in [2.45, 2.75) is 13.3 Å². The number of rotatable bonds is 5. The average Bonchev–Trinajstić information content (AvgIpc) is 3.04. The van der Waals surface area contributed by atoms with Crippen LogP contribution in [-0.2, 0) is 0 Å². The van der Waals surface area contributed by atoms with Gasteiger partial charge in [-0.25, -0.2) is 4.98 Å². The number of benzene rings is 1. The molecule has 0 saturated carbocycles. The van der Waals surface area contributed by atoms with Gasteiger partial charge < -0.3 is 4.74 Å². The smallest absolute Gasteiger partial charge is 0.194 e. The number of nitrogens with zero attached hydrogens (tertiary/aromatic N) is 2. The SMILES string of the molecule is Cc1c(-c2ccc(OCCCCl)cc2)nc2sccn12. The molecule has 3 nitrogen and oxygen atoms in total. The Bertz CT molecular complexity index is 702.